The van der Waals surface area contributed by atoms with Crippen molar-refractivity contribution in [1.82, 2.24) is 5.43 Å². The van der Waals surface area contributed by atoms with Crippen LogP contribution in [0.4, 0.5) is 10.5 Å². The van der Waals surface area contributed by atoms with Gasteiger partial charge in [0.1, 0.15) is 5.75 Å². The van der Waals surface area contributed by atoms with E-state index in [1.807, 2.05) is 0 Å². The van der Waals surface area contributed by atoms with Gasteiger partial charge >= 0.3 is 6.09 Å². The molecule has 1 aliphatic heterocycles. The van der Waals surface area contributed by atoms with Gasteiger partial charge in [0.2, 0.25) is 0 Å². The number of fused-ring (bicyclic) bond motifs is 1. The van der Waals surface area contributed by atoms with E-state index in [1.165, 1.54) is 0 Å². The molecule has 0 saturated heterocycles. The van der Waals surface area contributed by atoms with E-state index in [0.29, 0.717) is 17.1 Å². The zero-order chi connectivity index (χ0) is 14.5. The Labute approximate surface area is 115 Å². The van der Waals surface area contributed by atoms with Crippen LogP contribution >= 0.6 is 0 Å². The summed E-state index contributed by atoms with van der Waals surface area (Å²) in [6.45, 7) is 3.74. The number of nitrogens with one attached hydrogen (secondary N) is 2. The topological polar surface area (TPSA) is 89.0 Å². The van der Waals surface area contributed by atoms with Crippen molar-refractivity contribution >= 4 is 23.4 Å². The second-order valence-corrected chi connectivity index (χ2v) is 4.08. The Hall–Kier alpha value is -2.57. The van der Waals surface area contributed by atoms with Crippen molar-refractivity contribution in [3.63, 3.8) is 0 Å². The Morgan fingerprint density at radius 2 is 2.35 bits per heavy atom. The number of hydrogen-bond acceptors (Lipinski definition) is 5. The molecule has 2 N–H and O–H groups in total. The van der Waals surface area contributed by atoms with Gasteiger partial charge in [-0.15, -0.1) is 0 Å². The van der Waals surface area contributed by atoms with Gasteiger partial charge < -0.3 is 14.8 Å². The molecule has 1 aromatic carbocycles. The van der Waals surface area contributed by atoms with Crippen molar-refractivity contribution in [2.45, 2.75) is 13.8 Å². The first kappa shape index (κ1) is 13.9. The van der Waals surface area contributed by atoms with Crippen LogP contribution in [-0.4, -0.2) is 30.9 Å². The third kappa shape index (κ3) is 3.25. The van der Waals surface area contributed by atoms with Crippen LogP contribution < -0.4 is 15.5 Å². The summed E-state index contributed by atoms with van der Waals surface area (Å²) in [5.74, 6) is 0.411. The minimum Gasteiger partial charge on any atom is -0.482 e. The fourth-order valence-corrected chi connectivity index (χ4v) is 1.67. The zero-order valence-electron chi connectivity index (χ0n) is 11.2. The third-order valence-corrected chi connectivity index (χ3v) is 2.62. The summed E-state index contributed by atoms with van der Waals surface area (Å²) >= 11 is 0. The summed E-state index contributed by atoms with van der Waals surface area (Å²) in [5.41, 5.74) is 4.21. The van der Waals surface area contributed by atoms with Crippen LogP contribution in [0.25, 0.3) is 0 Å². The van der Waals surface area contributed by atoms with Crippen LogP contribution in [0.15, 0.2) is 23.3 Å². The van der Waals surface area contributed by atoms with E-state index in [9.17, 15) is 9.59 Å². The fourth-order valence-electron chi connectivity index (χ4n) is 1.67. The van der Waals surface area contributed by atoms with E-state index in [1.54, 1.807) is 32.0 Å². The number of nitrogens with zero attached hydrogens (tertiary/aromatic N) is 1. The van der Waals surface area contributed by atoms with Gasteiger partial charge in [-0.1, -0.05) is 0 Å². The number of hydrazone groups is 1. The first-order chi connectivity index (χ1) is 9.60. The van der Waals surface area contributed by atoms with Gasteiger partial charge in [-0.2, -0.15) is 5.10 Å². The highest BCUT2D eigenvalue weighted by atomic mass is 16.5. The molecule has 2 amide bonds. The predicted molar refractivity (Wildman–Crippen MR) is 72.9 cm³/mol. The molecule has 0 unspecified atom stereocenters. The maximum absolute atomic E-state index is 11.3. The van der Waals surface area contributed by atoms with Gasteiger partial charge in [0, 0.05) is 0 Å². The smallest absolute Gasteiger partial charge is 0.427 e. The van der Waals surface area contributed by atoms with E-state index in [2.05, 4.69) is 15.8 Å². The maximum atomic E-state index is 11.3. The highest BCUT2D eigenvalue weighted by Crippen LogP contribution is 2.28. The number of carbonyl (C=O) groups is 2. The average molecular weight is 277 g/mol. The highest BCUT2D eigenvalue weighted by Gasteiger charge is 2.16. The maximum Gasteiger partial charge on any atom is 0.427 e. The van der Waals surface area contributed by atoms with E-state index in [0.717, 1.165) is 5.56 Å². The molecule has 2 rings (SSSR count). The van der Waals surface area contributed by atoms with E-state index >= 15 is 0 Å². The Morgan fingerprint density at radius 3 is 3.10 bits per heavy atom. The lowest BCUT2D eigenvalue weighted by Gasteiger charge is -2.18. The lowest BCUT2D eigenvalue weighted by Crippen LogP contribution is -2.25. The van der Waals surface area contributed by atoms with Crippen LogP contribution in [0, 0.1) is 0 Å². The molecule has 0 spiro atoms. The molecule has 0 aliphatic carbocycles. The quantitative estimate of drug-likeness (QED) is 0.647. The summed E-state index contributed by atoms with van der Waals surface area (Å²) in [5, 5.41) is 6.63. The lowest BCUT2D eigenvalue weighted by atomic mass is 10.1. The predicted octanol–water partition coefficient (Wildman–Crippen LogP) is 1.49. The molecule has 0 fully saturated rings. The Balaban J connectivity index is 2.12. The standard InChI is InChI=1S/C13H15N3O4/c1-3-19-13(18)16-15-8(2)9-4-5-11-10(6-9)14-12(17)7-20-11/h4-6H,3,7H2,1-2H3,(H,14,17)(H,16,18)/b15-8-. The Morgan fingerprint density at radius 1 is 1.55 bits per heavy atom. The Bertz CT molecular complexity index is 569. The number of rotatable bonds is 3. The molecule has 0 bridgehead atoms. The number of anilines is 1. The second kappa shape index (κ2) is 6.05. The van der Waals surface area contributed by atoms with Gasteiger partial charge in [-0.05, 0) is 37.6 Å². The van der Waals surface area contributed by atoms with Crippen LogP contribution in [0.2, 0.25) is 0 Å². The first-order valence-corrected chi connectivity index (χ1v) is 6.14. The van der Waals surface area contributed by atoms with E-state index < -0.39 is 6.09 Å². The summed E-state index contributed by atoms with van der Waals surface area (Å²) in [6, 6.07) is 5.27. The van der Waals surface area contributed by atoms with E-state index in [-0.39, 0.29) is 19.1 Å². The summed E-state index contributed by atoms with van der Waals surface area (Å²) in [6.07, 6.45) is -0.610. The molecule has 7 heteroatoms. The minimum absolute atomic E-state index is 0.0177. The van der Waals surface area contributed by atoms with Gasteiger partial charge in [0.05, 0.1) is 18.0 Å². The number of carbonyl (C=O) groups excluding carboxylic acids is 2. The third-order valence-electron chi connectivity index (χ3n) is 2.62. The van der Waals surface area contributed by atoms with Crippen molar-refractivity contribution in [2.24, 2.45) is 5.10 Å². The van der Waals surface area contributed by atoms with Crippen molar-refractivity contribution in [3.8, 4) is 5.75 Å². The largest absolute Gasteiger partial charge is 0.482 e. The van der Waals surface area contributed by atoms with Gasteiger partial charge in [0.15, 0.2) is 6.61 Å². The number of hydrogen-bond donors (Lipinski definition) is 2. The molecule has 0 atom stereocenters. The fraction of sp³-hybridized carbons (Fsp3) is 0.308. The second-order valence-electron chi connectivity index (χ2n) is 4.08. The zero-order valence-corrected chi connectivity index (χ0v) is 11.2. The average Bonchev–Trinajstić information content (AvgIpc) is 2.44. The Kier molecular flexibility index (Phi) is 4.19. The SMILES string of the molecule is CCOC(=O)N/N=C(/C)c1ccc2c(c1)NC(=O)CO2. The molecule has 1 heterocycles. The van der Waals surface area contributed by atoms with Crippen LogP contribution in [-0.2, 0) is 9.53 Å². The molecule has 1 aliphatic rings. The number of amides is 2. The molecule has 0 saturated carbocycles. The normalized spacial score (nSPS) is 13.9. The molecule has 0 radical (unpaired) electrons. The van der Waals surface area contributed by atoms with Gasteiger partial charge in [-0.3, -0.25) is 4.79 Å². The lowest BCUT2D eigenvalue weighted by molar-refractivity contribution is -0.118. The van der Waals surface area contributed by atoms with Gasteiger partial charge in [-0.25, -0.2) is 10.2 Å². The number of benzene rings is 1. The minimum atomic E-state index is -0.610. The molecule has 7 nitrogen and oxygen atoms in total. The molecule has 20 heavy (non-hydrogen) atoms. The monoisotopic (exact) mass is 277 g/mol. The van der Waals surface area contributed by atoms with Crippen LogP contribution in [0.3, 0.4) is 0 Å². The molecular weight excluding hydrogens is 262 g/mol. The van der Waals surface area contributed by atoms with Gasteiger partial charge in [0.25, 0.3) is 5.91 Å². The highest BCUT2D eigenvalue weighted by molar-refractivity contribution is 6.02. The summed E-state index contributed by atoms with van der Waals surface area (Å²) in [4.78, 5) is 22.4. The van der Waals surface area contributed by atoms with Crippen molar-refractivity contribution in [2.75, 3.05) is 18.5 Å². The number of ether oxygens (including phenoxy) is 2. The van der Waals surface area contributed by atoms with Crippen molar-refractivity contribution in [1.29, 1.82) is 0 Å². The summed E-state index contributed by atoms with van der Waals surface area (Å²) < 4.78 is 9.96. The van der Waals surface area contributed by atoms with Crippen molar-refractivity contribution < 1.29 is 19.1 Å². The molecule has 106 valence electrons. The summed E-state index contributed by atoms with van der Waals surface area (Å²) in [7, 11) is 0. The van der Waals surface area contributed by atoms with Crippen molar-refractivity contribution in [3.05, 3.63) is 23.8 Å². The van der Waals surface area contributed by atoms with Crippen LogP contribution in [0.1, 0.15) is 19.4 Å². The van der Waals surface area contributed by atoms with Crippen LogP contribution in [0.5, 0.6) is 5.75 Å². The molecular formula is C13H15N3O4. The van der Waals surface area contributed by atoms with E-state index in [4.69, 9.17) is 9.47 Å². The molecule has 1 aromatic rings. The first-order valence-electron chi connectivity index (χ1n) is 6.14. The molecule has 0 aromatic heterocycles.